The van der Waals surface area contributed by atoms with Gasteiger partial charge in [-0.15, -0.1) is 0 Å². The molecule has 40 heavy (non-hydrogen) atoms. The fourth-order valence-electron chi connectivity index (χ4n) is 4.30. The maximum atomic E-state index is 12.3. The number of fused-ring (bicyclic) bond motifs is 3. The van der Waals surface area contributed by atoms with Gasteiger partial charge in [0.05, 0.1) is 6.42 Å². The zero-order valence-electron chi connectivity index (χ0n) is 23.0. The molecule has 0 unspecified atom stereocenters. The highest BCUT2D eigenvalue weighted by atomic mass is 16.6. The summed E-state index contributed by atoms with van der Waals surface area (Å²) in [5.41, 5.74) is 16.0. The van der Waals surface area contributed by atoms with Crippen LogP contribution >= 0.6 is 0 Å². The van der Waals surface area contributed by atoms with E-state index in [4.69, 9.17) is 26.0 Å². The van der Waals surface area contributed by atoms with Crippen molar-refractivity contribution >= 4 is 17.9 Å². The van der Waals surface area contributed by atoms with Gasteiger partial charge < -0.3 is 26.0 Å². The first-order valence-corrected chi connectivity index (χ1v) is 13.0. The van der Waals surface area contributed by atoms with E-state index in [9.17, 15) is 14.4 Å². The van der Waals surface area contributed by atoms with Crippen LogP contribution in [0.4, 0.5) is 0 Å². The Hall–Kier alpha value is -4.43. The second-order valence-electron chi connectivity index (χ2n) is 10.4. The van der Waals surface area contributed by atoms with E-state index in [0.29, 0.717) is 6.42 Å². The SMILES string of the molecule is CC(C)(C)OC(=O)CC=C(N)C(=O)OCC1c2ccccc2-c2ccccc21.N[C@H](Cc1ccccc1)C(=O)O. The van der Waals surface area contributed by atoms with Gasteiger partial charge in [-0.2, -0.15) is 0 Å². The summed E-state index contributed by atoms with van der Waals surface area (Å²) >= 11 is 0. The van der Waals surface area contributed by atoms with Gasteiger partial charge in [0.25, 0.3) is 0 Å². The average Bonchev–Trinajstić information content (AvgIpc) is 3.24. The number of benzene rings is 3. The first kappa shape index (κ1) is 30.1. The topological polar surface area (TPSA) is 142 Å². The summed E-state index contributed by atoms with van der Waals surface area (Å²) in [7, 11) is 0. The van der Waals surface area contributed by atoms with Crippen LogP contribution in [-0.4, -0.2) is 41.3 Å². The third-order valence-electron chi connectivity index (χ3n) is 6.10. The number of hydrogen-bond acceptors (Lipinski definition) is 7. The first-order chi connectivity index (χ1) is 19.0. The average molecular weight is 545 g/mol. The molecular formula is C32H36N2O6. The smallest absolute Gasteiger partial charge is 0.353 e. The summed E-state index contributed by atoms with van der Waals surface area (Å²) in [5.74, 6) is -2.07. The predicted octanol–water partition coefficient (Wildman–Crippen LogP) is 4.56. The van der Waals surface area contributed by atoms with Gasteiger partial charge in [-0.1, -0.05) is 78.9 Å². The van der Waals surface area contributed by atoms with Crippen molar-refractivity contribution in [2.24, 2.45) is 11.5 Å². The van der Waals surface area contributed by atoms with E-state index in [-0.39, 0.29) is 24.6 Å². The van der Waals surface area contributed by atoms with E-state index in [1.807, 2.05) is 54.6 Å². The Morgan fingerprint density at radius 2 is 1.43 bits per heavy atom. The fraction of sp³-hybridized carbons (Fsp3) is 0.281. The summed E-state index contributed by atoms with van der Waals surface area (Å²) in [5, 5.41) is 8.52. The third kappa shape index (κ3) is 8.54. The molecule has 210 valence electrons. The van der Waals surface area contributed by atoms with Gasteiger partial charge in [0, 0.05) is 5.92 Å². The molecule has 5 N–H and O–H groups in total. The lowest BCUT2D eigenvalue weighted by Crippen LogP contribution is -2.32. The number of ether oxygens (including phenoxy) is 2. The Morgan fingerprint density at radius 3 is 1.95 bits per heavy atom. The van der Waals surface area contributed by atoms with Gasteiger partial charge >= 0.3 is 17.9 Å². The number of carbonyl (C=O) groups excluding carboxylic acids is 2. The largest absolute Gasteiger partial charge is 0.480 e. The van der Waals surface area contributed by atoms with Gasteiger partial charge in [0.2, 0.25) is 0 Å². The molecule has 8 nitrogen and oxygen atoms in total. The molecule has 0 amide bonds. The molecule has 0 heterocycles. The highest BCUT2D eigenvalue weighted by Gasteiger charge is 2.29. The van der Waals surface area contributed by atoms with E-state index in [1.54, 1.807) is 20.8 Å². The number of hydrogen-bond donors (Lipinski definition) is 3. The van der Waals surface area contributed by atoms with Crippen LogP contribution in [0.2, 0.25) is 0 Å². The van der Waals surface area contributed by atoms with Crippen molar-refractivity contribution in [3.05, 3.63) is 107 Å². The van der Waals surface area contributed by atoms with Crippen molar-refractivity contribution in [1.29, 1.82) is 0 Å². The Morgan fingerprint density at radius 1 is 0.900 bits per heavy atom. The molecule has 3 aromatic rings. The van der Waals surface area contributed by atoms with E-state index in [2.05, 4.69) is 24.3 Å². The Bertz CT molecular complexity index is 1320. The molecule has 1 aliphatic rings. The molecule has 0 saturated carbocycles. The van der Waals surface area contributed by atoms with Crippen LogP contribution in [0.3, 0.4) is 0 Å². The lowest BCUT2D eigenvalue weighted by Gasteiger charge is -2.18. The van der Waals surface area contributed by atoms with Gasteiger partial charge in [-0.05, 0) is 61.1 Å². The highest BCUT2D eigenvalue weighted by Crippen LogP contribution is 2.44. The number of carboxylic acid groups (broad SMARTS) is 1. The molecule has 0 radical (unpaired) electrons. The minimum absolute atomic E-state index is 0.0324. The zero-order chi connectivity index (χ0) is 29.3. The Kier molecular flexibility index (Phi) is 10.2. The molecule has 0 saturated heterocycles. The van der Waals surface area contributed by atoms with Crippen LogP contribution in [0.5, 0.6) is 0 Å². The number of carbonyl (C=O) groups is 3. The number of esters is 2. The number of rotatable bonds is 8. The minimum atomic E-state index is -0.959. The monoisotopic (exact) mass is 544 g/mol. The molecule has 1 aliphatic carbocycles. The molecule has 0 bridgehead atoms. The normalized spacial score (nSPS) is 13.2. The van der Waals surface area contributed by atoms with E-state index in [1.165, 1.54) is 6.08 Å². The molecule has 4 rings (SSSR count). The van der Waals surface area contributed by atoms with Crippen LogP contribution in [-0.2, 0) is 30.3 Å². The van der Waals surface area contributed by atoms with Crippen molar-refractivity contribution < 1.29 is 29.0 Å². The maximum Gasteiger partial charge on any atom is 0.353 e. The number of aliphatic carboxylic acids is 1. The number of nitrogens with two attached hydrogens (primary N) is 2. The molecular weight excluding hydrogens is 508 g/mol. The molecule has 3 aromatic carbocycles. The second-order valence-corrected chi connectivity index (χ2v) is 10.4. The minimum Gasteiger partial charge on any atom is -0.480 e. The van der Waals surface area contributed by atoms with E-state index >= 15 is 0 Å². The van der Waals surface area contributed by atoms with Crippen LogP contribution < -0.4 is 11.5 Å². The lowest BCUT2D eigenvalue weighted by molar-refractivity contribution is -0.153. The van der Waals surface area contributed by atoms with Crippen molar-refractivity contribution in [2.75, 3.05) is 6.61 Å². The standard InChI is InChI=1S/C23H25NO4.C9H11NO2/c1-23(2,3)28-21(25)13-12-20(24)22(26)27-14-19-17-10-6-4-8-15(17)16-9-5-7-11-18(16)19;10-8(9(11)12)6-7-4-2-1-3-5-7/h4-12,19H,13-14,24H2,1-3H3;1-5,8H,6,10H2,(H,11,12)/t;8-/m.1/s1. The van der Waals surface area contributed by atoms with Crippen molar-refractivity contribution in [1.82, 2.24) is 0 Å². The summed E-state index contributed by atoms with van der Waals surface area (Å²) in [6, 6.07) is 24.8. The van der Waals surface area contributed by atoms with Crippen LogP contribution in [0, 0.1) is 0 Å². The van der Waals surface area contributed by atoms with E-state index in [0.717, 1.165) is 27.8 Å². The Balaban J connectivity index is 0.000000307. The van der Waals surface area contributed by atoms with Crippen LogP contribution in [0.15, 0.2) is 90.6 Å². The molecule has 0 aromatic heterocycles. The van der Waals surface area contributed by atoms with Crippen molar-refractivity contribution in [2.45, 2.75) is 51.2 Å². The fourth-order valence-corrected chi connectivity index (χ4v) is 4.30. The van der Waals surface area contributed by atoms with Gasteiger partial charge in [0.15, 0.2) is 0 Å². The third-order valence-corrected chi connectivity index (χ3v) is 6.10. The van der Waals surface area contributed by atoms with Crippen LogP contribution in [0.1, 0.15) is 49.8 Å². The number of carboxylic acids is 1. The van der Waals surface area contributed by atoms with Crippen LogP contribution in [0.25, 0.3) is 11.1 Å². The summed E-state index contributed by atoms with van der Waals surface area (Å²) in [6.45, 7) is 5.53. The van der Waals surface area contributed by atoms with Gasteiger partial charge in [-0.3, -0.25) is 9.59 Å². The maximum absolute atomic E-state index is 12.3. The quantitative estimate of drug-likeness (QED) is 0.277. The Labute approximate surface area is 234 Å². The van der Waals surface area contributed by atoms with Crippen molar-refractivity contribution in [3.8, 4) is 11.1 Å². The lowest BCUT2D eigenvalue weighted by atomic mass is 9.98. The predicted molar refractivity (Wildman–Crippen MR) is 153 cm³/mol. The summed E-state index contributed by atoms with van der Waals surface area (Å²) < 4.78 is 10.6. The van der Waals surface area contributed by atoms with Gasteiger partial charge in [0.1, 0.15) is 23.9 Å². The van der Waals surface area contributed by atoms with E-state index < -0.39 is 29.6 Å². The molecule has 8 heteroatoms. The molecule has 0 aliphatic heterocycles. The highest BCUT2D eigenvalue weighted by molar-refractivity contribution is 5.88. The molecule has 0 fully saturated rings. The second kappa shape index (κ2) is 13.6. The summed E-state index contributed by atoms with van der Waals surface area (Å²) in [6.07, 6.45) is 1.65. The first-order valence-electron chi connectivity index (χ1n) is 13.0. The molecule has 1 atom stereocenters. The molecule has 0 spiro atoms. The van der Waals surface area contributed by atoms with Crippen molar-refractivity contribution in [3.63, 3.8) is 0 Å². The summed E-state index contributed by atoms with van der Waals surface area (Å²) in [4.78, 5) is 34.4. The zero-order valence-corrected chi connectivity index (χ0v) is 23.0. The van der Waals surface area contributed by atoms with Gasteiger partial charge in [-0.25, -0.2) is 4.79 Å².